The maximum absolute atomic E-state index is 10.9. The van der Waals surface area contributed by atoms with Crippen molar-refractivity contribution in [3.05, 3.63) is 0 Å². The quantitative estimate of drug-likeness (QED) is 0.732. The molecule has 5 heteroatoms. The number of alkyl halides is 1. The number of hydrogen-bond acceptors (Lipinski definition) is 3. The molecule has 1 aliphatic rings. The Morgan fingerprint density at radius 3 is 2.58 bits per heavy atom. The minimum absolute atomic E-state index is 0.334. The Morgan fingerprint density at radius 2 is 2.17 bits per heavy atom. The van der Waals surface area contributed by atoms with Gasteiger partial charge < -0.3 is 0 Å². The molecule has 0 bridgehead atoms. The summed E-state index contributed by atoms with van der Waals surface area (Å²) < 4.78 is 21.7. The van der Waals surface area contributed by atoms with Crippen LogP contribution in [0.4, 0.5) is 0 Å². The van der Waals surface area contributed by atoms with Gasteiger partial charge in [-0.2, -0.15) is 11.8 Å². The third kappa shape index (κ3) is 3.66. The van der Waals surface area contributed by atoms with Crippen LogP contribution >= 0.6 is 27.7 Å². The molecule has 0 aromatic rings. The molecule has 1 saturated heterocycles. The SMILES string of the molecule is CS(=O)(=O)CCC1CSCC1Br. The lowest BCUT2D eigenvalue weighted by Gasteiger charge is -2.11. The summed E-state index contributed by atoms with van der Waals surface area (Å²) in [6.07, 6.45) is 2.11. The highest BCUT2D eigenvalue weighted by atomic mass is 79.9. The lowest BCUT2D eigenvalue weighted by molar-refractivity contribution is 0.568. The van der Waals surface area contributed by atoms with Crippen LogP contribution in [0.15, 0.2) is 0 Å². The van der Waals surface area contributed by atoms with Gasteiger partial charge in [0.2, 0.25) is 0 Å². The molecule has 2 nitrogen and oxygen atoms in total. The second kappa shape index (κ2) is 4.33. The molecule has 2 atom stereocenters. The van der Waals surface area contributed by atoms with Crippen molar-refractivity contribution < 1.29 is 8.42 Å². The van der Waals surface area contributed by atoms with Gasteiger partial charge in [-0.3, -0.25) is 0 Å². The molecule has 1 aliphatic heterocycles. The lowest BCUT2D eigenvalue weighted by Crippen LogP contribution is -2.16. The van der Waals surface area contributed by atoms with Gasteiger partial charge in [0.1, 0.15) is 9.84 Å². The van der Waals surface area contributed by atoms with E-state index in [0.29, 0.717) is 16.5 Å². The van der Waals surface area contributed by atoms with E-state index in [1.807, 2.05) is 11.8 Å². The van der Waals surface area contributed by atoms with Gasteiger partial charge in [-0.25, -0.2) is 8.42 Å². The first kappa shape index (κ1) is 10.9. The van der Waals surface area contributed by atoms with Gasteiger partial charge in [0.25, 0.3) is 0 Å². The fraction of sp³-hybridized carbons (Fsp3) is 1.00. The van der Waals surface area contributed by atoms with E-state index in [-0.39, 0.29) is 0 Å². The molecule has 0 spiro atoms. The fourth-order valence-electron chi connectivity index (χ4n) is 1.20. The van der Waals surface area contributed by atoms with Gasteiger partial charge >= 0.3 is 0 Å². The molecule has 72 valence electrons. The van der Waals surface area contributed by atoms with Crippen molar-refractivity contribution in [1.29, 1.82) is 0 Å². The molecular formula is C7H13BrO2S2. The van der Waals surface area contributed by atoms with Crippen molar-refractivity contribution in [3.8, 4) is 0 Å². The van der Waals surface area contributed by atoms with Gasteiger partial charge in [-0.1, -0.05) is 15.9 Å². The number of hydrogen-bond donors (Lipinski definition) is 0. The first-order valence-corrected chi connectivity index (χ1v) is 8.01. The van der Waals surface area contributed by atoms with Crippen LogP contribution in [-0.2, 0) is 9.84 Å². The number of thioether (sulfide) groups is 1. The van der Waals surface area contributed by atoms with Crippen molar-refractivity contribution >= 4 is 37.5 Å². The van der Waals surface area contributed by atoms with Gasteiger partial charge in [0, 0.05) is 16.8 Å². The summed E-state index contributed by atoms with van der Waals surface area (Å²) in [5.41, 5.74) is 0. The summed E-state index contributed by atoms with van der Waals surface area (Å²) in [5, 5.41) is 0. The van der Waals surface area contributed by atoms with Gasteiger partial charge in [0.05, 0.1) is 5.75 Å². The number of sulfone groups is 1. The van der Waals surface area contributed by atoms with Crippen molar-refractivity contribution in [3.63, 3.8) is 0 Å². The summed E-state index contributed by atoms with van der Waals surface area (Å²) >= 11 is 5.46. The normalized spacial score (nSPS) is 30.8. The molecule has 0 saturated carbocycles. The average Bonchev–Trinajstić information content (AvgIpc) is 2.29. The minimum atomic E-state index is -2.77. The molecule has 1 rings (SSSR count). The molecule has 1 fully saturated rings. The summed E-state index contributed by atoms with van der Waals surface area (Å²) in [4.78, 5) is 0.518. The molecule has 0 aromatic heterocycles. The zero-order chi connectivity index (χ0) is 9.19. The van der Waals surface area contributed by atoms with Crippen LogP contribution in [0.3, 0.4) is 0 Å². The van der Waals surface area contributed by atoms with E-state index in [0.717, 1.165) is 17.9 Å². The summed E-state index contributed by atoms with van der Waals surface area (Å²) in [7, 11) is -2.77. The molecule has 0 amide bonds. The second-order valence-corrected chi connectivity index (χ2v) is 7.74. The summed E-state index contributed by atoms with van der Waals surface area (Å²) in [6, 6.07) is 0. The zero-order valence-corrected chi connectivity index (χ0v) is 10.2. The summed E-state index contributed by atoms with van der Waals surface area (Å²) in [6.45, 7) is 0. The van der Waals surface area contributed by atoms with E-state index in [4.69, 9.17) is 0 Å². The minimum Gasteiger partial charge on any atom is -0.229 e. The Morgan fingerprint density at radius 1 is 1.50 bits per heavy atom. The van der Waals surface area contributed by atoms with Crippen LogP contribution < -0.4 is 0 Å². The predicted molar refractivity (Wildman–Crippen MR) is 57.9 cm³/mol. The van der Waals surface area contributed by atoms with Gasteiger partial charge in [-0.15, -0.1) is 0 Å². The van der Waals surface area contributed by atoms with Crippen LogP contribution in [0.2, 0.25) is 0 Å². The van der Waals surface area contributed by atoms with Crippen molar-refractivity contribution in [1.82, 2.24) is 0 Å². The van der Waals surface area contributed by atoms with Crippen LogP contribution in [0.1, 0.15) is 6.42 Å². The third-order valence-electron chi connectivity index (χ3n) is 1.98. The lowest BCUT2D eigenvalue weighted by atomic mass is 10.1. The standard InChI is InChI=1S/C7H13BrO2S2/c1-12(9,10)3-2-6-4-11-5-7(6)8/h6-7H,2-5H2,1H3. The predicted octanol–water partition coefficient (Wildman–Crippen LogP) is 1.55. The molecule has 2 unspecified atom stereocenters. The molecule has 0 radical (unpaired) electrons. The maximum Gasteiger partial charge on any atom is 0.147 e. The Labute approximate surface area is 86.5 Å². The first-order chi connectivity index (χ1) is 5.49. The Kier molecular flexibility index (Phi) is 3.92. The van der Waals surface area contributed by atoms with Crippen molar-refractivity contribution in [2.45, 2.75) is 11.2 Å². The molecule has 1 heterocycles. The number of halogens is 1. The highest BCUT2D eigenvalue weighted by Crippen LogP contribution is 2.32. The van der Waals surface area contributed by atoms with E-state index >= 15 is 0 Å². The largest absolute Gasteiger partial charge is 0.229 e. The van der Waals surface area contributed by atoms with E-state index in [2.05, 4.69) is 15.9 Å². The summed E-state index contributed by atoms with van der Waals surface area (Å²) in [5.74, 6) is 3.10. The van der Waals surface area contributed by atoms with E-state index in [1.165, 1.54) is 6.26 Å². The molecule has 0 aromatic carbocycles. The van der Waals surface area contributed by atoms with Crippen LogP contribution in [0, 0.1) is 5.92 Å². The van der Waals surface area contributed by atoms with E-state index in [1.54, 1.807) is 0 Å². The Balaban J connectivity index is 2.32. The Hall–Kier alpha value is 0.780. The molecule has 0 N–H and O–H groups in total. The second-order valence-electron chi connectivity index (χ2n) is 3.23. The highest BCUT2D eigenvalue weighted by molar-refractivity contribution is 9.09. The molecule has 12 heavy (non-hydrogen) atoms. The van der Waals surface area contributed by atoms with E-state index in [9.17, 15) is 8.42 Å². The average molecular weight is 273 g/mol. The topological polar surface area (TPSA) is 34.1 Å². The monoisotopic (exact) mass is 272 g/mol. The van der Waals surface area contributed by atoms with Crippen molar-refractivity contribution in [2.24, 2.45) is 5.92 Å². The Bertz CT molecular complexity index is 238. The maximum atomic E-state index is 10.9. The van der Waals surface area contributed by atoms with Crippen LogP contribution in [-0.4, -0.2) is 36.8 Å². The van der Waals surface area contributed by atoms with Gasteiger partial charge in [0.15, 0.2) is 0 Å². The first-order valence-electron chi connectivity index (χ1n) is 3.88. The fourth-order valence-corrected chi connectivity index (χ4v) is 4.53. The molecular weight excluding hydrogens is 260 g/mol. The number of rotatable bonds is 3. The zero-order valence-electron chi connectivity index (χ0n) is 6.99. The smallest absolute Gasteiger partial charge is 0.147 e. The van der Waals surface area contributed by atoms with E-state index < -0.39 is 9.84 Å². The van der Waals surface area contributed by atoms with Gasteiger partial charge in [-0.05, 0) is 18.1 Å². The highest BCUT2D eigenvalue weighted by Gasteiger charge is 2.25. The van der Waals surface area contributed by atoms with Crippen LogP contribution in [0.5, 0.6) is 0 Å². The van der Waals surface area contributed by atoms with Crippen LogP contribution in [0.25, 0.3) is 0 Å². The third-order valence-corrected chi connectivity index (χ3v) is 5.72. The molecule has 0 aliphatic carbocycles. The van der Waals surface area contributed by atoms with Crippen molar-refractivity contribution in [2.75, 3.05) is 23.5 Å².